The normalized spacial score (nSPS) is 20.9. The summed E-state index contributed by atoms with van der Waals surface area (Å²) in [7, 11) is 0. The van der Waals surface area contributed by atoms with Crippen molar-refractivity contribution in [2.45, 2.75) is 52.4 Å². The molecule has 8 heteroatoms. The quantitative estimate of drug-likeness (QED) is 0.652. The highest BCUT2D eigenvalue weighted by atomic mass is 16.4. The van der Waals surface area contributed by atoms with Gasteiger partial charge < -0.3 is 10.4 Å². The molecule has 0 aromatic heterocycles. The first-order chi connectivity index (χ1) is 14.4. The molecule has 30 heavy (non-hydrogen) atoms. The van der Waals surface area contributed by atoms with E-state index < -0.39 is 5.97 Å². The highest BCUT2D eigenvalue weighted by molar-refractivity contribution is 5.77. The number of hydrogen-bond donors (Lipinski definition) is 2. The molecule has 0 spiro atoms. The maximum atomic E-state index is 10.7. The summed E-state index contributed by atoms with van der Waals surface area (Å²) in [6, 6.07) is 0. The van der Waals surface area contributed by atoms with Gasteiger partial charge in [0.15, 0.2) is 0 Å². The molecular weight excluding hydrogens is 384 g/mol. The maximum Gasteiger partial charge on any atom is 0.317 e. The van der Waals surface area contributed by atoms with Gasteiger partial charge in [-0.15, -0.1) is 0 Å². The molecule has 0 aromatic carbocycles. The second-order valence-electron chi connectivity index (χ2n) is 8.50. The van der Waals surface area contributed by atoms with Crippen molar-refractivity contribution in [2.75, 3.05) is 72.0 Å². The van der Waals surface area contributed by atoms with Gasteiger partial charge in [-0.3, -0.25) is 29.1 Å². The largest absolute Gasteiger partial charge is 0.480 e. The fourth-order valence-electron chi connectivity index (χ4n) is 3.93. The number of carboxylic acids is 1. The van der Waals surface area contributed by atoms with Crippen molar-refractivity contribution < 1.29 is 19.5 Å². The number of carbonyl (C=O) groups excluding carboxylic acids is 2. The van der Waals surface area contributed by atoms with E-state index in [1.807, 2.05) is 4.90 Å². The van der Waals surface area contributed by atoms with Gasteiger partial charge in [0.1, 0.15) is 11.6 Å². The molecule has 3 fully saturated rings. The Morgan fingerprint density at radius 2 is 1.00 bits per heavy atom. The van der Waals surface area contributed by atoms with Gasteiger partial charge in [0.05, 0.1) is 19.6 Å². The van der Waals surface area contributed by atoms with Crippen molar-refractivity contribution in [1.29, 1.82) is 0 Å². The Morgan fingerprint density at radius 3 is 1.37 bits per heavy atom. The lowest BCUT2D eigenvalue weighted by atomic mass is 10.1. The fourth-order valence-corrected chi connectivity index (χ4v) is 3.93. The number of nitrogens with zero attached hydrogens (tertiary/aromatic N) is 3. The first kappa shape index (κ1) is 26.7. The second-order valence-corrected chi connectivity index (χ2v) is 8.50. The van der Waals surface area contributed by atoms with Crippen LogP contribution in [-0.2, 0) is 14.4 Å². The molecule has 0 aliphatic carbocycles. The van der Waals surface area contributed by atoms with Gasteiger partial charge in [0.25, 0.3) is 0 Å². The summed E-state index contributed by atoms with van der Waals surface area (Å²) >= 11 is 0. The number of piperidine rings is 2. The van der Waals surface area contributed by atoms with E-state index in [4.69, 9.17) is 5.11 Å². The van der Waals surface area contributed by atoms with E-state index in [2.05, 4.69) is 15.1 Å². The molecule has 0 radical (unpaired) electrons. The Morgan fingerprint density at radius 1 is 0.633 bits per heavy atom. The van der Waals surface area contributed by atoms with Crippen molar-refractivity contribution in [3.63, 3.8) is 0 Å². The minimum Gasteiger partial charge on any atom is -0.480 e. The highest BCUT2D eigenvalue weighted by Crippen LogP contribution is 2.08. The lowest BCUT2D eigenvalue weighted by Crippen LogP contribution is -2.45. The van der Waals surface area contributed by atoms with E-state index in [0.29, 0.717) is 18.9 Å². The molecular formula is C22H42N4O4. The molecule has 3 aliphatic heterocycles. The molecule has 2 N–H and O–H groups in total. The van der Waals surface area contributed by atoms with Crippen molar-refractivity contribution in [2.24, 2.45) is 0 Å². The zero-order valence-corrected chi connectivity index (χ0v) is 19.0. The molecule has 0 saturated carbocycles. The summed E-state index contributed by atoms with van der Waals surface area (Å²) in [5.74, 6) is -0.147. The number of carboxylic acid groups (broad SMARTS) is 1. The number of aliphatic carboxylic acids is 1. The molecule has 0 atom stereocenters. The average molecular weight is 427 g/mol. The minimum atomic E-state index is -0.707. The van der Waals surface area contributed by atoms with Crippen LogP contribution in [0, 0.1) is 0 Å². The van der Waals surface area contributed by atoms with Gasteiger partial charge in [-0.25, -0.2) is 0 Å². The highest BCUT2D eigenvalue weighted by Gasteiger charge is 2.12. The number of carbonyl (C=O) groups is 3. The van der Waals surface area contributed by atoms with Crippen molar-refractivity contribution in [1.82, 2.24) is 20.0 Å². The predicted molar refractivity (Wildman–Crippen MR) is 119 cm³/mol. The van der Waals surface area contributed by atoms with Gasteiger partial charge in [0.2, 0.25) is 0 Å². The van der Waals surface area contributed by atoms with Crippen LogP contribution in [0.25, 0.3) is 0 Å². The minimum absolute atomic E-state index is 0.222. The Balaban J connectivity index is 0.000000225. The SMILES string of the molecule is CC(=O)CN1CCCCC1.CC(=O)CN1CCNCC1.O=C(O)CN1CCCCC1. The Bertz CT molecular complexity index is 426. The Hall–Kier alpha value is -1.35. The van der Waals surface area contributed by atoms with Crippen LogP contribution in [0.15, 0.2) is 0 Å². The zero-order valence-electron chi connectivity index (χ0n) is 19.0. The van der Waals surface area contributed by atoms with Crippen molar-refractivity contribution >= 4 is 17.5 Å². The number of hydrogen-bond acceptors (Lipinski definition) is 7. The van der Waals surface area contributed by atoms with Crippen LogP contribution in [0.5, 0.6) is 0 Å². The molecule has 8 nitrogen and oxygen atoms in total. The molecule has 0 aromatic rings. The van der Waals surface area contributed by atoms with Gasteiger partial charge >= 0.3 is 5.97 Å². The smallest absolute Gasteiger partial charge is 0.317 e. The van der Waals surface area contributed by atoms with Crippen LogP contribution >= 0.6 is 0 Å². The monoisotopic (exact) mass is 426 g/mol. The molecule has 3 rings (SSSR count). The van der Waals surface area contributed by atoms with Crippen LogP contribution in [0.1, 0.15) is 52.4 Å². The van der Waals surface area contributed by atoms with Gasteiger partial charge in [-0.1, -0.05) is 12.8 Å². The molecule has 3 aliphatic rings. The average Bonchev–Trinajstić information content (AvgIpc) is 2.70. The van der Waals surface area contributed by atoms with Crippen LogP contribution in [-0.4, -0.2) is 109 Å². The zero-order chi connectivity index (χ0) is 22.2. The first-order valence-electron chi connectivity index (χ1n) is 11.4. The number of ketones is 2. The molecule has 0 unspecified atom stereocenters. The Labute approximate surface area is 182 Å². The molecule has 3 saturated heterocycles. The Kier molecular flexibility index (Phi) is 14.5. The summed E-state index contributed by atoms with van der Waals surface area (Å²) in [6.45, 7) is 13.1. The van der Waals surface area contributed by atoms with Gasteiger partial charge in [0, 0.05) is 26.2 Å². The van der Waals surface area contributed by atoms with E-state index in [1.165, 1.54) is 25.7 Å². The molecule has 174 valence electrons. The summed E-state index contributed by atoms with van der Waals surface area (Å²) in [6.07, 6.45) is 7.46. The van der Waals surface area contributed by atoms with Crippen LogP contribution < -0.4 is 5.32 Å². The summed E-state index contributed by atoms with van der Waals surface area (Å²) in [5.41, 5.74) is 0. The fraction of sp³-hybridized carbons (Fsp3) is 0.864. The third kappa shape index (κ3) is 14.6. The van der Waals surface area contributed by atoms with Crippen LogP contribution in [0.3, 0.4) is 0 Å². The summed E-state index contributed by atoms with van der Waals surface area (Å²) in [5, 5.41) is 11.7. The number of Topliss-reactive ketones (excluding diaryl/α,β-unsaturated/α-hetero) is 2. The number of nitrogens with one attached hydrogen (secondary N) is 1. The summed E-state index contributed by atoms with van der Waals surface area (Å²) in [4.78, 5) is 38.0. The van der Waals surface area contributed by atoms with E-state index in [-0.39, 0.29) is 12.3 Å². The molecule has 3 heterocycles. The lowest BCUT2D eigenvalue weighted by molar-refractivity contribution is -0.138. The van der Waals surface area contributed by atoms with E-state index in [1.54, 1.807) is 13.8 Å². The second kappa shape index (κ2) is 16.4. The van der Waals surface area contributed by atoms with E-state index >= 15 is 0 Å². The van der Waals surface area contributed by atoms with E-state index in [9.17, 15) is 14.4 Å². The first-order valence-corrected chi connectivity index (χ1v) is 11.4. The standard InChI is InChI=1S/C8H15NO.C7H14N2O.C7H13NO2/c1-8(10)7-9-5-3-2-4-6-9;1-7(10)6-9-4-2-8-3-5-9;9-7(10)6-8-4-2-1-3-5-8/h2-7H2,1H3;8H,2-6H2,1H3;1-6H2,(H,9,10). The predicted octanol–water partition coefficient (Wildman–Crippen LogP) is 1.10. The number of piperazine rings is 1. The third-order valence-corrected chi connectivity index (χ3v) is 5.36. The molecule has 0 bridgehead atoms. The van der Waals surface area contributed by atoms with Crippen molar-refractivity contribution in [3.05, 3.63) is 0 Å². The molecule has 0 amide bonds. The van der Waals surface area contributed by atoms with Gasteiger partial charge in [-0.05, 0) is 65.7 Å². The third-order valence-electron chi connectivity index (χ3n) is 5.36. The van der Waals surface area contributed by atoms with Crippen LogP contribution in [0.4, 0.5) is 0 Å². The lowest BCUT2D eigenvalue weighted by Gasteiger charge is -2.25. The van der Waals surface area contributed by atoms with Crippen LogP contribution in [0.2, 0.25) is 0 Å². The van der Waals surface area contributed by atoms with Gasteiger partial charge in [-0.2, -0.15) is 0 Å². The summed E-state index contributed by atoms with van der Waals surface area (Å²) < 4.78 is 0. The number of rotatable bonds is 6. The van der Waals surface area contributed by atoms with E-state index in [0.717, 1.165) is 65.2 Å². The maximum absolute atomic E-state index is 10.7. The van der Waals surface area contributed by atoms with Crippen molar-refractivity contribution in [3.8, 4) is 0 Å². The topological polar surface area (TPSA) is 93.2 Å². The number of likely N-dealkylation sites (tertiary alicyclic amines) is 2.